The first kappa shape index (κ1) is 24.4. The van der Waals surface area contributed by atoms with Gasteiger partial charge in [0.25, 0.3) is 0 Å². The quantitative estimate of drug-likeness (QED) is 0.528. The highest BCUT2D eigenvalue weighted by Crippen LogP contribution is 2.16. The van der Waals surface area contributed by atoms with Crippen LogP contribution in [0.15, 0.2) is 48.5 Å². The fourth-order valence-corrected chi connectivity index (χ4v) is 3.50. The van der Waals surface area contributed by atoms with Crippen LogP contribution >= 0.6 is 0 Å². The van der Waals surface area contributed by atoms with Crippen molar-refractivity contribution in [3.05, 3.63) is 65.2 Å². The molecule has 0 radical (unpaired) electrons. The molecule has 0 spiro atoms. The fourth-order valence-electron chi connectivity index (χ4n) is 3.50. The van der Waals surface area contributed by atoms with Crippen LogP contribution in [0.3, 0.4) is 0 Å². The predicted octanol–water partition coefficient (Wildman–Crippen LogP) is 4.79. The van der Waals surface area contributed by atoms with E-state index in [0.29, 0.717) is 32.4 Å². The molecule has 0 heterocycles. The number of rotatable bonds is 11. The Morgan fingerprint density at radius 3 is 2.35 bits per heavy atom. The topological polar surface area (TPSA) is 58.6 Å². The Labute approximate surface area is 186 Å². The third kappa shape index (κ3) is 8.08. The molecule has 0 aliphatic rings. The largest absolute Gasteiger partial charge is 0.494 e. The molecule has 0 aromatic heterocycles. The van der Waals surface area contributed by atoms with Crippen LogP contribution in [0.2, 0.25) is 0 Å². The molecule has 2 rings (SSSR count). The Bertz CT molecular complexity index is 846. The summed E-state index contributed by atoms with van der Waals surface area (Å²) in [6, 6.07) is 15.5. The van der Waals surface area contributed by atoms with Crippen molar-refractivity contribution in [3.63, 3.8) is 0 Å². The number of aryl methyl sites for hydroxylation is 2. The Morgan fingerprint density at radius 1 is 1.03 bits per heavy atom. The molecule has 2 amide bonds. The molecule has 0 aliphatic heterocycles. The summed E-state index contributed by atoms with van der Waals surface area (Å²) in [5.41, 5.74) is 3.34. The van der Waals surface area contributed by atoms with E-state index >= 15 is 0 Å². The molecule has 2 aromatic carbocycles. The minimum atomic E-state index is -0.492. The molecule has 1 N–H and O–H groups in total. The van der Waals surface area contributed by atoms with Crippen molar-refractivity contribution in [2.24, 2.45) is 0 Å². The highest BCUT2D eigenvalue weighted by molar-refractivity contribution is 5.87. The van der Waals surface area contributed by atoms with E-state index < -0.39 is 6.04 Å². The van der Waals surface area contributed by atoms with Gasteiger partial charge in [0.1, 0.15) is 11.8 Å². The first-order valence-electron chi connectivity index (χ1n) is 11.1. The minimum Gasteiger partial charge on any atom is -0.494 e. The van der Waals surface area contributed by atoms with Crippen LogP contribution < -0.4 is 10.1 Å². The van der Waals surface area contributed by atoms with Crippen molar-refractivity contribution in [3.8, 4) is 5.75 Å². The second-order valence-corrected chi connectivity index (χ2v) is 8.36. The van der Waals surface area contributed by atoms with Gasteiger partial charge >= 0.3 is 0 Å². The number of amides is 2. The number of nitrogens with zero attached hydrogens (tertiary/aromatic N) is 1. The monoisotopic (exact) mass is 424 g/mol. The molecule has 0 bridgehead atoms. The van der Waals surface area contributed by atoms with Gasteiger partial charge in [0.05, 0.1) is 6.61 Å². The van der Waals surface area contributed by atoms with Crippen molar-refractivity contribution in [2.75, 3.05) is 6.61 Å². The molecule has 0 unspecified atom stereocenters. The summed E-state index contributed by atoms with van der Waals surface area (Å²) in [7, 11) is 0. The summed E-state index contributed by atoms with van der Waals surface area (Å²) in [5.74, 6) is 0.673. The molecule has 168 valence electrons. The van der Waals surface area contributed by atoms with E-state index in [1.54, 1.807) is 4.90 Å². The third-order valence-corrected chi connectivity index (χ3v) is 5.08. The van der Waals surface area contributed by atoms with Gasteiger partial charge in [-0.15, -0.1) is 0 Å². The summed E-state index contributed by atoms with van der Waals surface area (Å²) >= 11 is 0. The maximum Gasteiger partial charge on any atom is 0.243 e. The van der Waals surface area contributed by atoms with Crippen LogP contribution in [0.25, 0.3) is 0 Å². The Kier molecular flexibility index (Phi) is 9.57. The number of carbonyl (C=O) groups is 2. The van der Waals surface area contributed by atoms with Gasteiger partial charge in [-0.25, -0.2) is 0 Å². The van der Waals surface area contributed by atoms with E-state index in [-0.39, 0.29) is 17.9 Å². The van der Waals surface area contributed by atoms with E-state index in [4.69, 9.17) is 4.74 Å². The van der Waals surface area contributed by atoms with Crippen molar-refractivity contribution in [2.45, 2.75) is 72.5 Å². The molecule has 0 aliphatic carbocycles. The zero-order valence-electron chi connectivity index (χ0n) is 19.5. The average Bonchev–Trinajstić information content (AvgIpc) is 2.71. The average molecular weight is 425 g/mol. The number of ether oxygens (including phenoxy) is 1. The molecule has 5 nitrogen and oxygen atoms in total. The lowest BCUT2D eigenvalue weighted by Crippen LogP contribution is -2.50. The van der Waals surface area contributed by atoms with Gasteiger partial charge in [0.2, 0.25) is 11.8 Å². The maximum atomic E-state index is 13.2. The van der Waals surface area contributed by atoms with Crippen LogP contribution in [-0.2, 0) is 16.1 Å². The number of hydrogen-bond acceptors (Lipinski definition) is 3. The fraction of sp³-hybridized carbons (Fsp3) is 0.462. The Morgan fingerprint density at radius 2 is 1.74 bits per heavy atom. The number of hydrogen-bond donors (Lipinski definition) is 1. The lowest BCUT2D eigenvalue weighted by atomic mass is 10.1. The van der Waals surface area contributed by atoms with Gasteiger partial charge in [-0.2, -0.15) is 0 Å². The first-order chi connectivity index (χ1) is 14.8. The molecule has 31 heavy (non-hydrogen) atoms. The maximum absolute atomic E-state index is 13.2. The molecule has 1 atom stereocenters. The Balaban J connectivity index is 2.05. The van der Waals surface area contributed by atoms with Crippen LogP contribution in [-0.4, -0.2) is 35.4 Å². The molecular weight excluding hydrogens is 388 g/mol. The second-order valence-electron chi connectivity index (χ2n) is 8.36. The summed E-state index contributed by atoms with van der Waals surface area (Å²) in [6.07, 6.45) is 1.50. The summed E-state index contributed by atoms with van der Waals surface area (Å²) in [6.45, 7) is 10.7. The molecule has 0 saturated carbocycles. The molecule has 0 fully saturated rings. The standard InChI is InChI=1S/C26H36N2O3/c1-6-24(26(30)27-19(2)3)28(18-22-10-7-9-21(5)17-22)25(29)11-8-16-31-23-14-12-20(4)13-15-23/h7,9-10,12-15,17,19,24H,6,8,11,16,18H2,1-5H3,(H,27,30)/t24-/m1/s1. The van der Waals surface area contributed by atoms with Crippen molar-refractivity contribution in [1.29, 1.82) is 0 Å². The number of carbonyl (C=O) groups excluding carboxylic acids is 2. The van der Waals surface area contributed by atoms with Crippen LogP contribution in [0, 0.1) is 13.8 Å². The summed E-state index contributed by atoms with van der Waals surface area (Å²) in [4.78, 5) is 27.7. The normalized spacial score (nSPS) is 11.8. The van der Waals surface area contributed by atoms with Crippen molar-refractivity contribution < 1.29 is 14.3 Å². The van der Waals surface area contributed by atoms with Gasteiger partial charge in [-0.3, -0.25) is 9.59 Å². The van der Waals surface area contributed by atoms with E-state index in [1.165, 1.54) is 5.56 Å². The van der Waals surface area contributed by atoms with Crippen molar-refractivity contribution in [1.82, 2.24) is 10.2 Å². The van der Waals surface area contributed by atoms with E-state index in [1.807, 2.05) is 77.1 Å². The highest BCUT2D eigenvalue weighted by Gasteiger charge is 2.28. The first-order valence-corrected chi connectivity index (χ1v) is 11.1. The molecule has 2 aromatic rings. The lowest BCUT2D eigenvalue weighted by Gasteiger charge is -2.31. The van der Waals surface area contributed by atoms with Gasteiger partial charge < -0.3 is 15.0 Å². The van der Waals surface area contributed by atoms with Crippen molar-refractivity contribution >= 4 is 11.8 Å². The Hall–Kier alpha value is -2.82. The zero-order valence-corrected chi connectivity index (χ0v) is 19.5. The van der Waals surface area contributed by atoms with Gasteiger partial charge in [-0.1, -0.05) is 54.4 Å². The van der Waals surface area contributed by atoms with Gasteiger partial charge in [0.15, 0.2) is 0 Å². The second kappa shape index (κ2) is 12.1. The van der Waals surface area contributed by atoms with E-state index in [9.17, 15) is 9.59 Å². The molecule has 5 heteroatoms. The van der Waals surface area contributed by atoms with Crippen LogP contribution in [0.1, 0.15) is 56.7 Å². The predicted molar refractivity (Wildman–Crippen MR) is 125 cm³/mol. The van der Waals surface area contributed by atoms with Gasteiger partial charge in [-0.05, 0) is 58.2 Å². The van der Waals surface area contributed by atoms with Crippen LogP contribution in [0.4, 0.5) is 0 Å². The minimum absolute atomic E-state index is 0.0280. The SMILES string of the molecule is CC[C@H](C(=O)NC(C)C)N(Cc1cccc(C)c1)C(=O)CCCOc1ccc(C)cc1. The third-order valence-electron chi connectivity index (χ3n) is 5.08. The lowest BCUT2D eigenvalue weighted by molar-refractivity contribution is -0.141. The van der Waals surface area contributed by atoms with Crippen LogP contribution in [0.5, 0.6) is 5.75 Å². The molecular formula is C26H36N2O3. The highest BCUT2D eigenvalue weighted by atomic mass is 16.5. The summed E-state index contributed by atoms with van der Waals surface area (Å²) < 4.78 is 5.76. The zero-order chi connectivity index (χ0) is 22.8. The van der Waals surface area contributed by atoms with Gasteiger partial charge in [0, 0.05) is 19.0 Å². The van der Waals surface area contributed by atoms with E-state index in [0.717, 1.165) is 16.9 Å². The smallest absolute Gasteiger partial charge is 0.243 e. The number of benzene rings is 2. The number of nitrogens with one attached hydrogen (secondary N) is 1. The van der Waals surface area contributed by atoms with E-state index in [2.05, 4.69) is 11.4 Å². The summed E-state index contributed by atoms with van der Waals surface area (Å²) in [5, 5.41) is 2.96. The molecule has 0 saturated heterocycles.